The second-order valence-electron chi connectivity index (χ2n) is 7.63. The van der Waals surface area contributed by atoms with Gasteiger partial charge in [-0.3, -0.25) is 0 Å². The van der Waals surface area contributed by atoms with Gasteiger partial charge >= 0.3 is 0 Å². The fourth-order valence-corrected chi connectivity index (χ4v) is 4.73. The van der Waals surface area contributed by atoms with Gasteiger partial charge in [0.1, 0.15) is 11.5 Å². The van der Waals surface area contributed by atoms with E-state index >= 15 is 0 Å². The molecule has 6 atom stereocenters. The van der Waals surface area contributed by atoms with Crippen LogP contribution in [0.15, 0.2) is 16.5 Å². The number of rotatable bonds is 5. The minimum absolute atomic E-state index is 0.638. The first kappa shape index (κ1) is 12.9. The van der Waals surface area contributed by atoms with Gasteiger partial charge in [0, 0.05) is 12.0 Å². The van der Waals surface area contributed by atoms with Crippen LogP contribution in [0.25, 0.3) is 0 Å². The van der Waals surface area contributed by atoms with Gasteiger partial charge in [0.25, 0.3) is 0 Å². The van der Waals surface area contributed by atoms with Gasteiger partial charge in [-0.1, -0.05) is 13.3 Å². The third kappa shape index (κ3) is 2.32. The Balaban J connectivity index is 1.30. The highest BCUT2D eigenvalue weighted by molar-refractivity contribution is 5.17. The molecule has 2 bridgehead atoms. The third-order valence-electron chi connectivity index (χ3n) is 6.19. The molecule has 1 aromatic heterocycles. The van der Waals surface area contributed by atoms with Crippen LogP contribution in [-0.2, 0) is 6.54 Å². The van der Waals surface area contributed by atoms with E-state index < -0.39 is 0 Å². The molecule has 3 aliphatic rings. The molecule has 3 saturated carbocycles. The fourth-order valence-electron chi connectivity index (χ4n) is 4.73. The number of hydrogen-bond donors (Lipinski definition) is 1. The summed E-state index contributed by atoms with van der Waals surface area (Å²) in [6, 6.07) is 4.99. The van der Waals surface area contributed by atoms with Gasteiger partial charge in [0.2, 0.25) is 0 Å². The lowest BCUT2D eigenvalue weighted by atomic mass is 9.84. The molecule has 4 rings (SSSR count). The van der Waals surface area contributed by atoms with Crippen LogP contribution in [0.2, 0.25) is 0 Å². The van der Waals surface area contributed by atoms with E-state index in [2.05, 4.69) is 31.3 Å². The smallest absolute Gasteiger partial charge is 0.117 e. The quantitative estimate of drug-likeness (QED) is 0.864. The van der Waals surface area contributed by atoms with Crippen molar-refractivity contribution in [1.82, 2.24) is 5.32 Å². The van der Waals surface area contributed by atoms with Crippen molar-refractivity contribution < 1.29 is 4.42 Å². The van der Waals surface area contributed by atoms with Crippen molar-refractivity contribution in [1.29, 1.82) is 0 Å². The molecule has 1 aromatic rings. The molecule has 1 N–H and O–H groups in total. The maximum atomic E-state index is 5.99. The molecule has 110 valence electrons. The molecule has 0 spiro atoms. The number of furan rings is 1. The monoisotopic (exact) mass is 273 g/mol. The first-order chi connectivity index (χ1) is 9.70. The van der Waals surface area contributed by atoms with Crippen LogP contribution < -0.4 is 5.32 Å². The molecule has 0 amide bonds. The van der Waals surface area contributed by atoms with Crippen LogP contribution in [0, 0.1) is 23.7 Å². The highest BCUT2D eigenvalue weighted by Gasteiger charge is 2.41. The molecule has 0 aromatic carbocycles. The Morgan fingerprint density at radius 2 is 2.10 bits per heavy atom. The van der Waals surface area contributed by atoms with Crippen LogP contribution in [-0.4, -0.2) is 6.04 Å². The Kier molecular flexibility index (Phi) is 3.17. The Labute approximate surface area is 122 Å². The number of fused-ring (bicyclic) bond motifs is 2. The minimum atomic E-state index is 0.638. The topological polar surface area (TPSA) is 25.2 Å². The average Bonchev–Trinajstić information content (AvgIpc) is 2.93. The fraction of sp³-hybridized carbons (Fsp3) is 0.778. The SMILES string of the molecule is CC1CC1c1ccc(CNC(C)C2CC3CCC2C3)o1. The van der Waals surface area contributed by atoms with Crippen LogP contribution in [0.3, 0.4) is 0 Å². The standard InChI is InChI=1S/C18H27NO/c1-11-7-16(11)18-6-5-15(20-18)10-19-12(2)17-9-13-3-4-14(17)8-13/h5-6,11-14,16-17,19H,3-4,7-10H2,1-2H3. The van der Waals surface area contributed by atoms with E-state index in [9.17, 15) is 0 Å². The van der Waals surface area contributed by atoms with Gasteiger partial charge in [-0.25, -0.2) is 0 Å². The van der Waals surface area contributed by atoms with Crippen molar-refractivity contribution in [3.05, 3.63) is 23.7 Å². The summed E-state index contributed by atoms with van der Waals surface area (Å²) in [5.41, 5.74) is 0. The van der Waals surface area contributed by atoms with Crippen molar-refractivity contribution in [3.63, 3.8) is 0 Å². The highest BCUT2D eigenvalue weighted by atomic mass is 16.3. The van der Waals surface area contributed by atoms with Crippen LogP contribution in [0.5, 0.6) is 0 Å². The Morgan fingerprint density at radius 3 is 2.75 bits per heavy atom. The van der Waals surface area contributed by atoms with E-state index in [0.717, 1.165) is 36.0 Å². The molecule has 6 unspecified atom stereocenters. The molecular weight excluding hydrogens is 246 g/mol. The predicted molar refractivity (Wildman–Crippen MR) is 80.5 cm³/mol. The average molecular weight is 273 g/mol. The van der Waals surface area contributed by atoms with Crippen LogP contribution in [0.4, 0.5) is 0 Å². The lowest BCUT2D eigenvalue weighted by Crippen LogP contribution is -2.35. The number of nitrogens with one attached hydrogen (secondary N) is 1. The minimum Gasteiger partial charge on any atom is -0.464 e. The third-order valence-corrected chi connectivity index (χ3v) is 6.19. The van der Waals surface area contributed by atoms with Crippen molar-refractivity contribution >= 4 is 0 Å². The first-order valence-corrected chi connectivity index (χ1v) is 8.52. The van der Waals surface area contributed by atoms with Gasteiger partial charge in [-0.2, -0.15) is 0 Å². The van der Waals surface area contributed by atoms with Crippen LogP contribution >= 0.6 is 0 Å². The summed E-state index contributed by atoms with van der Waals surface area (Å²) >= 11 is 0. The largest absolute Gasteiger partial charge is 0.464 e. The second-order valence-corrected chi connectivity index (χ2v) is 7.63. The zero-order valence-corrected chi connectivity index (χ0v) is 12.8. The molecular formula is C18H27NO. The summed E-state index contributed by atoms with van der Waals surface area (Å²) in [7, 11) is 0. The van der Waals surface area contributed by atoms with Crippen molar-refractivity contribution in [2.45, 2.75) is 64.5 Å². The lowest BCUT2D eigenvalue weighted by Gasteiger charge is -2.28. The molecule has 1 heterocycles. The lowest BCUT2D eigenvalue weighted by molar-refractivity contribution is 0.255. The molecule has 2 heteroatoms. The number of hydrogen-bond acceptors (Lipinski definition) is 2. The van der Waals surface area contributed by atoms with Crippen LogP contribution in [0.1, 0.15) is 63.4 Å². The van der Waals surface area contributed by atoms with E-state index in [1.54, 1.807) is 0 Å². The Bertz CT molecular complexity index is 480. The van der Waals surface area contributed by atoms with Gasteiger partial charge in [-0.15, -0.1) is 0 Å². The Morgan fingerprint density at radius 1 is 1.25 bits per heavy atom. The molecule has 3 fully saturated rings. The second kappa shape index (κ2) is 4.91. The summed E-state index contributed by atoms with van der Waals surface area (Å²) in [5.74, 6) is 6.81. The maximum absolute atomic E-state index is 5.99. The highest BCUT2D eigenvalue weighted by Crippen LogP contribution is 2.49. The van der Waals surface area contributed by atoms with Gasteiger partial charge in [0.15, 0.2) is 0 Å². The van der Waals surface area contributed by atoms with Crippen molar-refractivity contribution in [2.75, 3.05) is 0 Å². The Hall–Kier alpha value is -0.760. The normalized spacial score (nSPS) is 40.2. The summed E-state index contributed by atoms with van der Waals surface area (Å²) < 4.78 is 5.99. The molecule has 0 aliphatic heterocycles. The first-order valence-electron chi connectivity index (χ1n) is 8.52. The van der Waals surface area contributed by atoms with Gasteiger partial charge < -0.3 is 9.73 Å². The van der Waals surface area contributed by atoms with Crippen molar-refractivity contribution in [2.24, 2.45) is 23.7 Å². The maximum Gasteiger partial charge on any atom is 0.117 e. The molecule has 0 saturated heterocycles. The summed E-state index contributed by atoms with van der Waals surface area (Å²) in [5, 5.41) is 3.72. The van der Waals surface area contributed by atoms with E-state index in [-0.39, 0.29) is 0 Å². The molecule has 3 aliphatic carbocycles. The molecule has 20 heavy (non-hydrogen) atoms. The van der Waals surface area contributed by atoms with Gasteiger partial charge in [0.05, 0.1) is 6.54 Å². The zero-order valence-electron chi connectivity index (χ0n) is 12.8. The summed E-state index contributed by atoms with van der Waals surface area (Å²) in [4.78, 5) is 0. The molecule has 0 radical (unpaired) electrons. The van der Waals surface area contributed by atoms with E-state index in [1.165, 1.54) is 37.9 Å². The summed E-state index contributed by atoms with van der Waals surface area (Å²) in [6.07, 6.45) is 7.24. The van der Waals surface area contributed by atoms with Gasteiger partial charge in [-0.05, 0) is 68.4 Å². The van der Waals surface area contributed by atoms with E-state index in [4.69, 9.17) is 4.42 Å². The predicted octanol–water partition coefficient (Wildman–Crippen LogP) is 4.32. The molecule has 2 nitrogen and oxygen atoms in total. The summed E-state index contributed by atoms with van der Waals surface area (Å²) in [6.45, 7) is 5.58. The zero-order chi connectivity index (χ0) is 13.7. The van der Waals surface area contributed by atoms with E-state index in [0.29, 0.717) is 12.0 Å². The van der Waals surface area contributed by atoms with Crippen molar-refractivity contribution in [3.8, 4) is 0 Å². The van der Waals surface area contributed by atoms with E-state index in [1.807, 2.05) is 0 Å².